The zero-order chi connectivity index (χ0) is 18.8. The highest BCUT2D eigenvalue weighted by atomic mass is 16.3. The van der Waals surface area contributed by atoms with Crippen molar-refractivity contribution in [2.75, 3.05) is 0 Å². The molecule has 1 heterocycles. The topological polar surface area (TPSA) is 26.0 Å². The van der Waals surface area contributed by atoms with Crippen molar-refractivity contribution < 1.29 is 4.42 Å². The summed E-state index contributed by atoms with van der Waals surface area (Å²) >= 11 is 0. The second-order valence-corrected chi connectivity index (χ2v) is 9.15. The van der Waals surface area contributed by atoms with Crippen LogP contribution in [0.15, 0.2) is 58.5 Å². The molecule has 3 fully saturated rings. The highest BCUT2D eigenvalue weighted by molar-refractivity contribution is 5.74. The number of aromatic nitrogens is 1. The van der Waals surface area contributed by atoms with E-state index in [9.17, 15) is 0 Å². The number of rotatable bonds is 2. The monoisotopic (exact) mass is 367 g/mol. The first kappa shape index (κ1) is 16.4. The summed E-state index contributed by atoms with van der Waals surface area (Å²) in [6.07, 6.45) is 14.5. The summed E-state index contributed by atoms with van der Waals surface area (Å²) in [5.41, 5.74) is 5.22. The highest BCUT2D eigenvalue weighted by Crippen LogP contribution is 2.76. The third kappa shape index (κ3) is 2.30. The van der Waals surface area contributed by atoms with Gasteiger partial charge in [-0.15, -0.1) is 0 Å². The molecule has 4 aliphatic rings. The average Bonchev–Trinajstić information content (AvgIpc) is 3.06. The summed E-state index contributed by atoms with van der Waals surface area (Å²) in [5.74, 6) is 0.965. The minimum Gasteiger partial charge on any atom is -0.440 e. The van der Waals surface area contributed by atoms with Gasteiger partial charge in [-0.05, 0) is 84.6 Å². The molecule has 2 aromatic carbocycles. The zero-order valence-electron chi connectivity index (χ0n) is 16.4. The molecule has 3 saturated carbocycles. The molecule has 7 rings (SSSR count). The van der Waals surface area contributed by atoms with E-state index in [1.165, 1.54) is 48.1 Å². The Kier molecular flexibility index (Phi) is 3.33. The Morgan fingerprint density at radius 3 is 2.54 bits per heavy atom. The van der Waals surface area contributed by atoms with Crippen LogP contribution in [0.1, 0.15) is 50.0 Å². The third-order valence-electron chi connectivity index (χ3n) is 7.08. The van der Waals surface area contributed by atoms with Crippen molar-refractivity contribution in [3.05, 3.63) is 76.0 Å². The maximum Gasteiger partial charge on any atom is 0.201 e. The fourth-order valence-electron chi connectivity index (χ4n) is 5.64. The molecule has 0 atom stereocenters. The Morgan fingerprint density at radius 1 is 0.893 bits per heavy atom. The fourth-order valence-corrected chi connectivity index (χ4v) is 5.64. The number of hydrogen-bond donors (Lipinski definition) is 0. The quantitative estimate of drug-likeness (QED) is 0.642. The third-order valence-corrected chi connectivity index (χ3v) is 7.08. The average molecular weight is 367 g/mol. The Bertz CT molecular complexity index is 1220. The Labute approximate surface area is 165 Å². The largest absolute Gasteiger partial charge is 0.440 e. The first-order valence-electron chi connectivity index (χ1n) is 10.5. The van der Waals surface area contributed by atoms with E-state index in [1.54, 1.807) is 5.57 Å². The molecule has 3 aromatic rings. The lowest BCUT2D eigenvalue weighted by molar-refractivity contribution is -0.120. The SMILES string of the molecule is Cc1ccc2nc(C34CC(C5=CCCC/C=c6\ccccc6=C5)(C3)C4)oc2c1. The van der Waals surface area contributed by atoms with Crippen LogP contribution >= 0.6 is 0 Å². The fraction of sp³-hybridized carbons (Fsp3) is 0.346. The van der Waals surface area contributed by atoms with Gasteiger partial charge in [0, 0.05) is 5.41 Å². The van der Waals surface area contributed by atoms with Crippen LogP contribution in [-0.2, 0) is 5.41 Å². The molecule has 0 N–H and O–H groups in total. The summed E-state index contributed by atoms with van der Waals surface area (Å²) in [4.78, 5) is 4.84. The lowest BCUT2D eigenvalue weighted by atomic mass is 9.33. The van der Waals surface area contributed by atoms with Crippen LogP contribution in [0.5, 0.6) is 0 Å². The number of benzene rings is 2. The zero-order valence-corrected chi connectivity index (χ0v) is 16.4. The van der Waals surface area contributed by atoms with Gasteiger partial charge in [0.2, 0.25) is 5.89 Å². The van der Waals surface area contributed by atoms with Gasteiger partial charge in [0.05, 0.1) is 0 Å². The molecule has 0 aliphatic heterocycles. The lowest BCUT2D eigenvalue weighted by Gasteiger charge is -2.69. The molecular weight excluding hydrogens is 342 g/mol. The van der Waals surface area contributed by atoms with E-state index in [1.807, 2.05) is 0 Å². The van der Waals surface area contributed by atoms with Gasteiger partial charge in [0.25, 0.3) is 0 Å². The van der Waals surface area contributed by atoms with Crippen LogP contribution in [0.4, 0.5) is 0 Å². The van der Waals surface area contributed by atoms with Crippen LogP contribution in [0.25, 0.3) is 23.3 Å². The van der Waals surface area contributed by atoms with Crippen molar-refractivity contribution in [3.8, 4) is 0 Å². The van der Waals surface area contributed by atoms with E-state index >= 15 is 0 Å². The van der Waals surface area contributed by atoms with E-state index in [4.69, 9.17) is 9.40 Å². The van der Waals surface area contributed by atoms with Crippen LogP contribution in [0.3, 0.4) is 0 Å². The highest BCUT2D eigenvalue weighted by Gasteiger charge is 2.71. The number of oxazole rings is 1. The van der Waals surface area contributed by atoms with Gasteiger partial charge in [-0.2, -0.15) is 0 Å². The molecule has 28 heavy (non-hydrogen) atoms. The van der Waals surface area contributed by atoms with Crippen molar-refractivity contribution >= 4 is 23.3 Å². The molecule has 140 valence electrons. The predicted octanol–water partition coefficient (Wildman–Crippen LogP) is 4.93. The number of fused-ring (bicyclic) bond motifs is 2. The molecule has 0 saturated heterocycles. The first-order valence-corrected chi connectivity index (χ1v) is 10.5. The lowest BCUT2D eigenvalue weighted by Crippen LogP contribution is -2.65. The van der Waals surface area contributed by atoms with Gasteiger partial charge < -0.3 is 4.42 Å². The minimum atomic E-state index is 0.172. The van der Waals surface area contributed by atoms with Crippen LogP contribution in [0, 0.1) is 12.3 Å². The van der Waals surface area contributed by atoms with Crippen molar-refractivity contribution in [2.24, 2.45) is 5.41 Å². The molecular formula is C26H25NO. The molecule has 0 radical (unpaired) electrons. The second-order valence-electron chi connectivity index (χ2n) is 9.15. The summed E-state index contributed by atoms with van der Waals surface area (Å²) in [6.45, 7) is 2.10. The summed E-state index contributed by atoms with van der Waals surface area (Å²) in [7, 11) is 0. The smallest absolute Gasteiger partial charge is 0.201 e. The molecule has 2 bridgehead atoms. The van der Waals surface area contributed by atoms with Gasteiger partial charge in [-0.25, -0.2) is 4.98 Å². The standard InChI is InChI=1S/C26H25NO/c1-18-11-12-22-23(13-18)28-24(27-22)26-15-25(16-26,17-26)21-10-4-2-3-7-19-8-5-6-9-20(19)14-21/h5-14H,2-4,15-17H2,1H3/b19-7+,20-14?,21-10?. The first-order chi connectivity index (χ1) is 13.7. The van der Waals surface area contributed by atoms with Crippen LogP contribution in [-0.4, -0.2) is 4.98 Å². The summed E-state index contributed by atoms with van der Waals surface area (Å²) in [6, 6.07) is 15.1. The van der Waals surface area contributed by atoms with Crippen molar-refractivity contribution in [3.63, 3.8) is 0 Å². The molecule has 1 aromatic heterocycles. The number of nitrogens with zero attached hydrogens (tertiary/aromatic N) is 1. The minimum absolute atomic E-state index is 0.172. The number of aryl methyl sites for hydroxylation is 1. The normalized spacial score (nSPS) is 29.6. The van der Waals surface area contributed by atoms with Crippen molar-refractivity contribution in [1.82, 2.24) is 4.98 Å². The maximum atomic E-state index is 6.20. The van der Waals surface area contributed by atoms with Crippen LogP contribution < -0.4 is 10.4 Å². The van der Waals surface area contributed by atoms with E-state index in [2.05, 4.69) is 67.6 Å². The Balaban J connectivity index is 1.34. The molecule has 4 aliphatic carbocycles. The predicted molar refractivity (Wildman–Crippen MR) is 113 cm³/mol. The number of hydrogen-bond acceptors (Lipinski definition) is 2. The summed E-state index contributed by atoms with van der Waals surface area (Å²) < 4.78 is 6.20. The molecule has 2 heteroatoms. The number of allylic oxidation sites excluding steroid dienone is 2. The van der Waals surface area contributed by atoms with E-state index in [-0.39, 0.29) is 5.41 Å². The Morgan fingerprint density at radius 2 is 1.68 bits per heavy atom. The Hall–Kier alpha value is -2.61. The van der Waals surface area contributed by atoms with Gasteiger partial charge in [0.15, 0.2) is 5.58 Å². The van der Waals surface area contributed by atoms with E-state index < -0.39 is 0 Å². The van der Waals surface area contributed by atoms with Gasteiger partial charge in [-0.1, -0.05) is 48.6 Å². The van der Waals surface area contributed by atoms with Crippen molar-refractivity contribution in [2.45, 2.75) is 50.9 Å². The van der Waals surface area contributed by atoms with Gasteiger partial charge in [-0.3, -0.25) is 0 Å². The molecule has 2 nitrogen and oxygen atoms in total. The van der Waals surface area contributed by atoms with Crippen molar-refractivity contribution in [1.29, 1.82) is 0 Å². The maximum absolute atomic E-state index is 6.20. The van der Waals surface area contributed by atoms with E-state index in [0.29, 0.717) is 5.41 Å². The second kappa shape index (κ2) is 5.70. The van der Waals surface area contributed by atoms with Gasteiger partial charge in [0.1, 0.15) is 5.52 Å². The van der Waals surface area contributed by atoms with Gasteiger partial charge >= 0.3 is 0 Å². The molecule has 0 amide bonds. The molecule has 0 unspecified atom stereocenters. The molecule has 0 spiro atoms. The van der Waals surface area contributed by atoms with E-state index in [0.717, 1.165) is 23.4 Å². The summed E-state index contributed by atoms with van der Waals surface area (Å²) in [5, 5.41) is 2.75. The van der Waals surface area contributed by atoms with Crippen LogP contribution in [0.2, 0.25) is 0 Å².